The Morgan fingerprint density at radius 3 is 2.45 bits per heavy atom. The topological polar surface area (TPSA) is 0 Å². The average molecular weight is 214 g/mol. The second-order valence-electron chi connectivity index (χ2n) is 2.20. The van der Waals surface area contributed by atoms with E-state index < -0.39 is 0 Å². The van der Waals surface area contributed by atoms with Crippen molar-refractivity contribution >= 4 is 34.3 Å². The van der Waals surface area contributed by atoms with E-state index in [0.29, 0.717) is 10.9 Å². The molecule has 0 bridgehead atoms. The Bertz CT molecular complexity index is 78.5. The zero-order valence-corrected chi connectivity index (χ0v) is 9.83. The molecule has 0 saturated heterocycles. The van der Waals surface area contributed by atoms with E-state index in [0.717, 1.165) is 5.88 Å². The molecule has 0 aromatic heterocycles. The Hall–Kier alpha value is 0.990. The molecular formula is C8H18ClS2+. The predicted molar refractivity (Wildman–Crippen MR) is 61.4 cm³/mol. The predicted octanol–water partition coefficient (Wildman–Crippen LogP) is 2.62. The summed E-state index contributed by atoms with van der Waals surface area (Å²) in [6, 6.07) is 0. The number of thioether (sulfide) groups is 1. The van der Waals surface area contributed by atoms with Crippen molar-refractivity contribution in [2.45, 2.75) is 13.8 Å². The van der Waals surface area contributed by atoms with E-state index in [4.69, 9.17) is 11.6 Å². The first kappa shape index (κ1) is 12.0. The molecule has 0 nitrogen and oxygen atoms in total. The van der Waals surface area contributed by atoms with Crippen LogP contribution in [0.5, 0.6) is 0 Å². The van der Waals surface area contributed by atoms with Gasteiger partial charge >= 0.3 is 0 Å². The minimum atomic E-state index is 0.614. The number of halogens is 1. The van der Waals surface area contributed by atoms with Crippen LogP contribution in [0.25, 0.3) is 0 Å². The molecule has 0 fully saturated rings. The highest BCUT2D eigenvalue weighted by Gasteiger charge is 2.12. The van der Waals surface area contributed by atoms with E-state index in [1.807, 2.05) is 11.8 Å². The fourth-order valence-corrected chi connectivity index (χ4v) is 4.18. The van der Waals surface area contributed by atoms with Gasteiger partial charge in [0, 0.05) is 5.75 Å². The van der Waals surface area contributed by atoms with Crippen LogP contribution in [0.3, 0.4) is 0 Å². The zero-order valence-electron chi connectivity index (χ0n) is 7.44. The summed E-state index contributed by atoms with van der Waals surface area (Å²) in [4.78, 5) is 0. The lowest BCUT2D eigenvalue weighted by Crippen LogP contribution is -2.17. The molecule has 0 saturated carbocycles. The van der Waals surface area contributed by atoms with E-state index in [-0.39, 0.29) is 0 Å². The van der Waals surface area contributed by atoms with Gasteiger partial charge in [0.25, 0.3) is 0 Å². The molecule has 68 valence electrons. The minimum absolute atomic E-state index is 0.614. The summed E-state index contributed by atoms with van der Waals surface area (Å²) in [5.74, 6) is 7.33. The van der Waals surface area contributed by atoms with Gasteiger partial charge in [0.05, 0.1) is 5.88 Å². The molecule has 0 aliphatic heterocycles. The third kappa shape index (κ3) is 7.35. The third-order valence-corrected chi connectivity index (χ3v) is 5.45. The van der Waals surface area contributed by atoms with Crippen molar-refractivity contribution in [3.8, 4) is 0 Å². The van der Waals surface area contributed by atoms with Gasteiger partial charge in [-0.2, -0.15) is 11.8 Å². The maximum absolute atomic E-state index is 5.69. The van der Waals surface area contributed by atoms with Gasteiger partial charge in [-0.1, -0.05) is 6.92 Å². The molecule has 0 radical (unpaired) electrons. The molecule has 1 unspecified atom stereocenters. The Labute approximate surface area is 82.8 Å². The Balaban J connectivity index is 3.20. The van der Waals surface area contributed by atoms with Gasteiger partial charge in [0.2, 0.25) is 0 Å². The number of alkyl halides is 1. The first-order chi connectivity index (χ1) is 5.35. The maximum Gasteiger partial charge on any atom is 0.121 e. The molecule has 0 N–H and O–H groups in total. The molecule has 0 rings (SSSR count). The smallest absolute Gasteiger partial charge is 0.121 e. The first-order valence-electron chi connectivity index (χ1n) is 4.12. The van der Waals surface area contributed by atoms with Crippen LogP contribution < -0.4 is 0 Å². The minimum Gasteiger partial charge on any atom is -0.157 e. The second-order valence-corrected chi connectivity index (χ2v) is 6.59. The average Bonchev–Trinajstić information content (AvgIpc) is 2.03. The summed E-state index contributed by atoms with van der Waals surface area (Å²) in [5.41, 5.74) is 0. The highest BCUT2D eigenvalue weighted by Crippen LogP contribution is 2.04. The molecule has 3 heteroatoms. The SMILES string of the molecule is CCSCC[S+](CC)CCCl. The molecule has 1 atom stereocenters. The summed E-state index contributed by atoms with van der Waals surface area (Å²) in [5, 5.41) is 0. The zero-order chi connectivity index (χ0) is 8.53. The van der Waals surface area contributed by atoms with E-state index in [1.165, 1.54) is 28.8 Å². The molecular weight excluding hydrogens is 196 g/mol. The van der Waals surface area contributed by atoms with Crippen LogP contribution >= 0.6 is 23.4 Å². The molecule has 0 heterocycles. The highest BCUT2D eigenvalue weighted by molar-refractivity contribution is 8.01. The quantitative estimate of drug-likeness (QED) is 0.356. The van der Waals surface area contributed by atoms with Crippen molar-refractivity contribution in [3.05, 3.63) is 0 Å². The largest absolute Gasteiger partial charge is 0.157 e. The standard InChI is InChI=1S/C8H18ClS2/c1-3-10-6-8-11(4-2)7-5-9/h3-8H2,1-2H3/q+1. The fourth-order valence-electron chi connectivity index (χ4n) is 0.821. The summed E-state index contributed by atoms with van der Waals surface area (Å²) in [6.45, 7) is 4.49. The third-order valence-electron chi connectivity index (χ3n) is 1.49. The van der Waals surface area contributed by atoms with E-state index in [1.54, 1.807) is 0 Å². The van der Waals surface area contributed by atoms with E-state index in [9.17, 15) is 0 Å². The van der Waals surface area contributed by atoms with Crippen molar-refractivity contribution < 1.29 is 0 Å². The normalized spacial score (nSPS) is 13.4. The molecule has 0 aromatic carbocycles. The van der Waals surface area contributed by atoms with Crippen LogP contribution in [0.2, 0.25) is 0 Å². The van der Waals surface area contributed by atoms with Crippen LogP contribution in [0, 0.1) is 0 Å². The fraction of sp³-hybridized carbons (Fsp3) is 1.00. The molecule has 0 amide bonds. The van der Waals surface area contributed by atoms with Gasteiger partial charge < -0.3 is 0 Å². The Morgan fingerprint density at radius 2 is 2.00 bits per heavy atom. The lowest BCUT2D eigenvalue weighted by atomic mass is 10.9. The highest BCUT2D eigenvalue weighted by atomic mass is 35.5. The number of hydrogen-bond acceptors (Lipinski definition) is 1. The molecule has 0 aliphatic carbocycles. The first-order valence-corrected chi connectivity index (χ1v) is 7.55. The van der Waals surface area contributed by atoms with Gasteiger partial charge in [-0.05, 0) is 23.6 Å². The number of rotatable bonds is 7. The van der Waals surface area contributed by atoms with Crippen molar-refractivity contribution in [2.75, 3.05) is 34.6 Å². The van der Waals surface area contributed by atoms with E-state index in [2.05, 4.69) is 13.8 Å². The Morgan fingerprint density at radius 1 is 1.27 bits per heavy atom. The Kier molecular flexibility index (Phi) is 9.90. The summed E-state index contributed by atoms with van der Waals surface area (Å²) in [6.07, 6.45) is 0. The van der Waals surface area contributed by atoms with Crippen molar-refractivity contribution in [3.63, 3.8) is 0 Å². The van der Waals surface area contributed by atoms with Gasteiger partial charge in [-0.15, -0.1) is 11.6 Å². The molecule has 11 heavy (non-hydrogen) atoms. The molecule has 0 spiro atoms. The van der Waals surface area contributed by atoms with Crippen molar-refractivity contribution in [1.29, 1.82) is 0 Å². The molecule has 0 aromatic rings. The lowest BCUT2D eigenvalue weighted by molar-refractivity contribution is 1.38. The van der Waals surface area contributed by atoms with Gasteiger partial charge in [-0.3, -0.25) is 0 Å². The van der Waals surface area contributed by atoms with Crippen LogP contribution in [-0.2, 0) is 10.9 Å². The maximum atomic E-state index is 5.69. The van der Waals surface area contributed by atoms with Gasteiger partial charge in [0.15, 0.2) is 0 Å². The van der Waals surface area contributed by atoms with Crippen LogP contribution in [0.1, 0.15) is 13.8 Å². The van der Waals surface area contributed by atoms with Crippen LogP contribution in [0.4, 0.5) is 0 Å². The number of hydrogen-bond donors (Lipinski definition) is 0. The lowest BCUT2D eigenvalue weighted by Gasteiger charge is -2.03. The van der Waals surface area contributed by atoms with Crippen molar-refractivity contribution in [1.82, 2.24) is 0 Å². The van der Waals surface area contributed by atoms with Crippen LogP contribution in [0.15, 0.2) is 0 Å². The van der Waals surface area contributed by atoms with Gasteiger partial charge in [0.1, 0.15) is 17.3 Å². The second kappa shape index (κ2) is 9.08. The van der Waals surface area contributed by atoms with Gasteiger partial charge in [-0.25, -0.2) is 0 Å². The van der Waals surface area contributed by atoms with Crippen LogP contribution in [-0.4, -0.2) is 34.6 Å². The molecule has 0 aliphatic rings. The monoisotopic (exact) mass is 213 g/mol. The van der Waals surface area contributed by atoms with Crippen molar-refractivity contribution in [2.24, 2.45) is 0 Å². The summed E-state index contributed by atoms with van der Waals surface area (Å²) < 4.78 is 0. The van der Waals surface area contributed by atoms with E-state index >= 15 is 0 Å². The summed E-state index contributed by atoms with van der Waals surface area (Å²) in [7, 11) is 0.614. The summed E-state index contributed by atoms with van der Waals surface area (Å²) >= 11 is 7.73.